The van der Waals surface area contributed by atoms with E-state index in [1.165, 1.54) is 6.33 Å². The number of aliphatic hydroxyl groups excluding tert-OH is 2. The molecule has 1 amide bonds. The molecule has 26 heavy (non-hydrogen) atoms. The number of nitrogens with zero attached hydrogens (tertiary/aromatic N) is 3. The molecule has 0 radical (unpaired) electrons. The Bertz CT molecular complexity index is 935. The van der Waals surface area contributed by atoms with E-state index in [0.29, 0.717) is 5.65 Å². The maximum absolute atomic E-state index is 12.3. The third-order valence-electron chi connectivity index (χ3n) is 6.03. The lowest BCUT2D eigenvalue weighted by atomic mass is 9.96. The summed E-state index contributed by atoms with van der Waals surface area (Å²) in [5, 5.41) is 23.6. The van der Waals surface area contributed by atoms with Gasteiger partial charge in [-0.15, -0.1) is 0 Å². The molecule has 9 nitrogen and oxygen atoms in total. The van der Waals surface area contributed by atoms with Crippen LogP contribution in [0.1, 0.15) is 39.7 Å². The van der Waals surface area contributed by atoms with Crippen molar-refractivity contribution in [2.45, 2.75) is 51.9 Å². The summed E-state index contributed by atoms with van der Waals surface area (Å²) in [6.07, 6.45) is 1.34. The molecule has 0 unspecified atom stereocenters. The minimum Gasteiger partial charge on any atom is -0.390 e. The van der Waals surface area contributed by atoms with Gasteiger partial charge in [-0.25, -0.2) is 4.98 Å². The summed E-state index contributed by atoms with van der Waals surface area (Å²) in [5.41, 5.74) is -0.290. The standard InChI is InChI=1S/C17H23N5O4/c1-4-17-5-8(17)10(11(23)12(17)24)22-6-18-9-13(22)19-16(21-15(9)26)20-14(25)7(2)3/h6-8,10-12,23-24H,4-5H2,1-3H3,(H2,19,20,21,25,26)/t8-,10-,11+,12+,17+/m1/s1. The van der Waals surface area contributed by atoms with Crippen LogP contribution in [0.25, 0.3) is 11.2 Å². The van der Waals surface area contributed by atoms with Gasteiger partial charge in [-0.2, -0.15) is 4.98 Å². The van der Waals surface area contributed by atoms with E-state index in [2.05, 4.69) is 20.3 Å². The molecule has 4 N–H and O–H groups in total. The monoisotopic (exact) mass is 361 g/mol. The Kier molecular flexibility index (Phi) is 3.71. The van der Waals surface area contributed by atoms with Gasteiger partial charge in [0.25, 0.3) is 5.56 Å². The van der Waals surface area contributed by atoms with Gasteiger partial charge in [0.2, 0.25) is 11.9 Å². The molecule has 2 saturated carbocycles. The lowest BCUT2D eigenvalue weighted by Crippen LogP contribution is -2.34. The summed E-state index contributed by atoms with van der Waals surface area (Å²) in [4.78, 5) is 35.2. The van der Waals surface area contributed by atoms with Crippen molar-refractivity contribution in [3.8, 4) is 0 Å². The van der Waals surface area contributed by atoms with Crippen molar-refractivity contribution in [2.24, 2.45) is 17.3 Å². The van der Waals surface area contributed by atoms with Crippen LogP contribution in [0, 0.1) is 17.3 Å². The minimum atomic E-state index is -0.944. The van der Waals surface area contributed by atoms with Crippen LogP contribution < -0.4 is 10.9 Å². The highest BCUT2D eigenvalue weighted by atomic mass is 16.3. The van der Waals surface area contributed by atoms with E-state index in [-0.39, 0.29) is 34.6 Å². The zero-order valence-corrected chi connectivity index (χ0v) is 14.9. The van der Waals surface area contributed by atoms with Crippen LogP contribution in [-0.2, 0) is 4.79 Å². The van der Waals surface area contributed by atoms with Crippen molar-refractivity contribution in [1.82, 2.24) is 19.5 Å². The Hall–Kier alpha value is -2.26. The number of aromatic nitrogens is 4. The van der Waals surface area contributed by atoms with Gasteiger partial charge in [0, 0.05) is 11.3 Å². The molecule has 0 aliphatic heterocycles. The number of imidazole rings is 1. The molecule has 2 aliphatic carbocycles. The van der Waals surface area contributed by atoms with Gasteiger partial charge < -0.3 is 14.8 Å². The minimum absolute atomic E-state index is 0.0496. The number of aliphatic hydroxyl groups is 2. The van der Waals surface area contributed by atoms with Gasteiger partial charge in [-0.3, -0.25) is 19.9 Å². The summed E-state index contributed by atoms with van der Waals surface area (Å²) in [6, 6.07) is -0.391. The van der Waals surface area contributed by atoms with Crippen LogP contribution in [0.2, 0.25) is 0 Å². The number of carbonyl (C=O) groups is 1. The summed E-state index contributed by atoms with van der Waals surface area (Å²) >= 11 is 0. The van der Waals surface area contributed by atoms with E-state index in [9.17, 15) is 19.8 Å². The number of fused-ring (bicyclic) bond motifs is 2. The Morgan fingerprint density at radius 3 is 2.85 bits per heavy atom. The molecular weight excluding hydrogens is 338 g/mol. The molecule has 4 rings (SSSR count). The average molecular weight is 361 g/mol. The number of hydrogen-bond acceptors (Lipinski definition) is 6. The molecule has 5 atom stereocenters. The lowest BCUT2D eigenvalue weighted by Gasteiger charge is -2.23. The van der Waals surface area contributed by atoms with Gasteiger partial charge in [-0.1, -0.05) is 20.8 Å². The molecule has 0 spiro atoms. The number of amides is 1. The van der Waals surface area contributed by atoms with Gasteiger partial charge in [0.05, 0.1) is 18.5 Å². The van der Waals surface area contributed by atoms with E-state index in [1.807, 2.05) is 6.92 Å². The third kappa shape index (κ3) is 2.23. The predicted octanol–water partition coefficient (Wildman–Crippen LogP) is 0.407. The highest BCUT2D eigenvalue weighted by molar-refractivity contribution is 5.91. The molecule has 2 heterocycles. The van der Waals surface area contributed by atoms with E-state index >= 15 is 0 Å². The zero-order valence-electron chi connectivity index (χ0n) is 14.9. The number of carbonyl (C=O) groups excluding carboxylic acids is 1. The maximum atomic E-state index is 12.3. The van der Waals surface area contributed by atoms with Gasteiger partial charge in [0.15, 0.2) is 11.2 Å². The van der Waals surface area contributed by atoms with Gasteiger partial charge in [0.1, 0.15) is 6.10 Å². The summed E-state index contributed by atoms with van der Waals surface area (Å²) < 4.78 is 1.67. The number of nitrogens with one attached hydrogen (secondary N) is 2. The molecule has 0 aromatic carbocycles. The number of anilines is 1. The molecule has 2 aromatic rings. The second-order valence-corrected chi connectivity index (χ2v) is 7.71. The van der Waals surface area contributed by atoms with Crippen LogP contribution in [-0.4, -0.2) is 47.8 Å². The van der Waals surface area contributed by atoms with Crippen LogP contribution in [0.4, 0.5) is 5.95 Å². The molecule has 140 valence electrons. The number of rotatable bonds is 4. The van der Waals surface area contributed by atoms with Crippen LogP contribution >= 0.6 is 0 Å². The number of aromatic amines is 1. The van der Waals surface area contributed by atoms with Crippen molar-refractivity contribution in [3.05, 3.63) is 16.7 Å². The van der Waals surface area contributed by atoms with Crippen LogP contribution in [0.15, 0.2) is 11.1 Å². The molecule has 2 fully saturated rings. The van der Waals surface area contributed by atoms with Crippen LogP contribution in [0.3, 0.4) is 0 Å². The summed E-state index contributed by atoms with van der Waals surface area (Å²) in [7, 11) is 0. The fraction of sp³-hybridized carbons (Fsp3) is 0.647. The molecular formula is C17H23N5O4. The quantitative estimate of drug-likeness (QED) is 0.623. The first-order valence-electron chi connectivity index (χ1n) is 8.94. The van der Waals surface area contributed by atoms with Gasteiger partial charge >= 0.3 is 0 Å². The fourth-order valence-corrected chi connectivity index (χ4v) is 4.35. The first-order valence-corrected chi connectivity index (χ1v) is 8.94. The highest BCUT2D eigenvalue weighted by Crippen LogP contribution is 2.69. The maximum Gasteiger partial charge on any atom is 0.280 e. The van der Waals surface area contributed by atoms with Crippen molar-refractivity contribution < 1.29 is 15.0 Å². The Balaban J connectivity index is 1.76. The van der Waals surface area contributed by atoms with Gasteiger partial charge in [-0.05, 0) is 18.8 Å². The average Bonchev–Trinajstić information content (AvgIpc) is 3.11. The van der Waals surface area contributed by atoms with E-state index in [0.717, 1.165) is 12.8 Å². The summed E-state index contributed by atoms with van der Waals surface area (Å²) in [6.45, 7) is 5.49. The molecule has 2 aromatic heterocycles. The Labute approximate surface area is 149 Å². The van der Waals surface area contributed by atoms with Crippen molar-refractivity contribution >= 4 is 23.0 Å². The predicted molar refractivity (Wildman–Crippen MR) is 93.5 cm³/mol. The van der Waals surface area contributed by atoms with E-state index < -0.39 is 23.8 Å². The lowest BCUT2D eigenvalue weighted by molar-refractivity contribution is -0.118. The molecule has 2 aliphatic rings. The molecule has 9 heteroatoms. The summed E-state index contributed by atoms with van der Waals surface area (Å²) in [5.74, 6) is -0.357. The van der Waals surface area contributed by atoms with Crippen molar-refractivity contribution in [2.75, 3.05) is 5.32 Å². The number of hydrogen-bond donors (Lipinski definition) is 4. The fourth-order valence-electron chi connectivity index (χ4n) is 4.35. The topological polar surface area (TPSA) is 133 Å². The number of H-pyrrole nitrogens is 1. The zero-order chi connectivity index (χ0) is 18.8. The Morgan fingerprint density at radius 2 is 2.23 bits per heavy atom. The molecule has 0 saturated heterocycles. The second-order valence-electron chi connectivity index (χ2n) is 7.71. The first-order chi connectivity index (χ1) is 12.3. The highest BCUT2D eigenvalue weighted by Gasteiger charge is 2.70. The first kappa shape index (κ1) is 17.2. The molecule has 0 bridgehead atoms. The van der Waals surface area contributed by atoms with Crippen molar-refractivity contribution in [1.29, 1.82) is 0 Å². The van der Waals surface area contributed by atoms with Crippen molar-refractivity contribution in [3.63, 3.8) is 0 Å². The van der Waals surface area contributed by atoms with Crippen LogP contribution in [0.5, 0.6) is 0 Å². The third-order valence-corrected chi connectivity index (χ3v) is 6.03. The van der Waals surface area contributed by atoms with E-state index in [4.69, 9.17) is 0 Å². The Morgan fingerprint density at radius 1 is 1.50 bits per heavy atom. The smallest absolute Gasteiger partial charge is 0.280 e. The van der Waals surface area contributed by atoms with E-state index in [1.54, 1.807) is 18.4 Å². The SMILES string of the molecule is CC[C@]12C[C@@H]1[C@@H](n1cnc3c(=O)[nH]c(NC(=O)C(C)C)nc31)[C@H](O)[C@@H]2O. The second kappa shape index (κ2) is 5.62. The largest absolute Gasteiger partial charge is 0.390 e. The normalized spacial score (nSPS) is 32.8.